The highest BCUT2D eigenvalue weighted by Gasteiger charge is 2.21. The monoisotopic (exact) mass is 255 g/mol. The maximum atomic E-state index is 4.71. The highest BCUT2D eigenvalue weighted by Crippen LogP contribution is 2.26. The molecular weight excluding hydrogens is 234 g/mol. The number of anilines is 1. The average Bonchev–Trinajstić information content (AvgIpc) is 3.23. The molecule has 0 atom stereocenters. The summed E-state index contributed by atoms with van der Waals surface area (Å²) in [4.78, 5) is 4.71. The van der Waals surface area contributed by atoms with Crippen LogP contribution in [0, 0.1) is 0 Å². The van der Waals surface area contributed by atoms with Crippen LogP contribution in [0.4, 0.5) is 5.82 Å². The molecule has 2 aromatic rings. The second-order valence-corrected chi connectivity index (χ2v) is 5.28. The van der Waals surface area contributed by atoms with E-state index >= 15 is 0 Å². The fraction of sp³-hybridized carbons (Fsp3) is 0.438. The van der Waals surface area contributed by atoms with E-state index in [0.717, 1.165) is 30.8 Å². The molecule has 3 rings (SSSR count). The van der Waals surface area contributed by atoms with Crippen LogP contribution in [0.3, 0.4) is 0 Å². The van der Waals surface area contributed by atoms with Crippen LogP contribution in [0.5, 0.6) is 0 Å². The summed E-state index contributed by atoms with van der Waals surface area (Å²) in [5, 5.41) is 8.24. The van der Waals surface area contributed by atoms with Gasteiger partial charge in [-0.25, -0.2) is 4.98 Å². The molecule has 0 saturated heterocycles. The lowest BCUT2D eigenvalue weighted by Gasteiger charge is -2.11. The Kier molecular flexibility index (Phi) is 3.65. The van der Waals surface area contributed by atoms with Gasteiger partial charge in [-0.05, 0) is 43.5 Å². The second kappa shape index (κ2) is 5.57. The summed E-state index contributed by atoms with van der Waals surface area (Å²) < 4.78 is 0. The molecule has 0 unspecified atom stereocenters. The largest absolute Gasteiger partial charge is 0.367 e. The molecule has 1 fully saturated rings. The second-order valence-electron chi connectivity index (χ2n) is 5.28. The number of para-hydroxylation sites is 1. The third kappa shape index (κ3) is 3.04. The molecule has 0 radical (unpaired) electrons. The first-order valence-corrected chi connectivity index (χ1v) is 7.22. The summed E-state index contributed by atoms with van der Waals surface area (Å²) >= 11 is 0. The van der Waals surface area contributed by atoms with E-state index in [1.807, 2.05) is 0 Å². The minimum atomic E-state index is 0.644. The predicted octanol–water partition coefficient (Wildman–Crippen LogP) is 3.31. The van der Waals surface area contributed by atoms with Gasteiger partial charge in [-0.15, -0.1) is 0 Å². The van der Waals surface area contributed by atoms with Crippen molar-refractivity contribution in [1.29, 1.82) is 0 Å². The van der Waals surface area contributed by atoms with E-state index in [2.05, 4.69) is 47.9 Å². The fourth-order valence-corrected chi connectivity index (χ4v) is 2.30. The molecule has 1 saturated carbocycles. The van der Waals surface area contributed by atoms with E-state index < -0.39 is 0 Å². The van der Waals surface area contributed by atoms with Gasteiger partial charge in [-0.3, -0.25) is 0 Å². The summed E-state index contributed by atoms with van der Waals surface area (Å²) in [5.41, 5.74) is 2.42. The fourth-order valence-electron chi connectivity index (χ4n) is 2.30. The lowest BCUT2D eigenvalue weighted by atomic mass is 10.1. The molecule has 19 heavy (non-hydrogen) atoms. The van der Waals surface area contributed by atoms with Gasteiger partial charge in [-0.1, -0.05) is 25.1 Å². The van der Waals surface area contributed by atoms with Crippen molar-refractivity contribution in [3.8, 4) is 0 Å². The number of aromatic nitrogens is 1. The Labute approximate surface area is 114 Å². The maximum absolute atomic E-state index is 4.71. The first-order chi connectivity index (χ1) is 9.36. The molecule has 0 bridgehead atoms. The Balaban J connectivity index is 1.90. The predicted molar refractivity (Wildman–Crippen MR) is 80.4 cm³/mol. The Morgan fingerprint density at radius 1 is 1.26 bits per heavy atom. The molecule has 0 amide bonds. The van der Waals surface area contributed by atoms with Crippen molar-refractivity contribution < 1.29 is 0 Å². The number of nitrogens with one attached hydrogen (secondary N) is 2. The average molecular weight is 255 g/mol. The first kappa shape index (κ1) is 12.4. The molecule has 3 heteroatoms. The number of benzene rings is 1. The summed E-state index contributed by atoms with van der Waals surface area (Å²) in [6.07, 6.45) is 3.71. The van der Waals surface area contributed by atoms with Gasteiger partial charge in [0.1, 0.15) is 5.82 Å². The Hall–Kier alpha value is -1.61. The van der Waals surface area contributed by atoms with Crippen molar-refractivity contribution in [2.75, 3.05) is 11.9 Å². The molecule has 0 spiro atoms. The number of nitrogens with zero attached hydrogens (tertiary/aromatic N) is 1. The quantitative estimate of drug-likeness (QED) is 0.778. The third-order valence-corrected chi connectivity index (χ3v) is 3.47. The van der Waals surface area contributed by atoms with Crippen molar-refractivity contribution in [2.24, 2.45) is 0 Å². The van der Waals surface area contributed by atoms with E-state index in [0.29, 0.717) is 6.04 Å². The van der Waals surface area contributed by atoms with Gasteiger partial charge in [0.2, 0.25) is 0 Å². The summed E-state index contributed by atoms with van der Waals surface area (Å²) in [6, 6.07) is 11.2. The van der Waals surface area contributed by atoms with Crippen molar-refractivity contribution in [2.45, 2.75) is 38.8 Å². The van der Waals surface area contributed by atoms with Crippen LogP contribution in [0.1, 0.15) is 31.7 Å². The maximum Gasteiger partial charge on any atom is 0.127 e. The molecule has 3 nitrogen and oxygen atoms in total. The summed E-state index contributed by atoms with van der Waals surface area (Å²) in [6.45, 7) is 4.16. The number of fused-ring (bicyclic) bond motifs is 1. The molecule has 100 valence electrons. The SMILES string of the molecule is CCCNCc1cc(NC2CC2)nc2ccccc12. The molecule has 1 heterocycles. The number of hydrogen-bond acceptors (Lipinski definition) is 3. The van der Waals surface area contributed by atoms with Crippen LogP contribution in [0.25, 0.3) is 10.9 Å². The van der Waals surface area contributed by atoms with Gasteiger partial charge < -0.3 is 10.6 Å². The van der Waals surface area contributed by atoms with E-state index in [1.165, 1.54) is 23.8 Å². The van der Waals surface area contributed by atoms with E-state index in [4.69, 9.17) is 4.98 Å². The van der Waals surface area contributed by atoms with Gasteiger partial charge >= 0.3 is 0 Å². The van der Waals surface area contributed by atoms with Crippen LogP contribution in [0.2, 0.25) is 0 Å². The zero-order valence-electron chi connectivity index (χ0n) is 11.4. The van der Waals surface area contributed by atoms with Crippen LogP contribution >= 0.6 is 0 Å². The van der Waals surface area contributed by atoms with Gasteiger partial charge in [0.15, 0.2) is 0 Å². The minimum Gasteiger partial charge on any atom is -0.367 e. The smallest absolute Gasteiger partial charge is 0.127 e. The summed E-state index contributed by atoms with van der Waals surface area (Å²) in [7, 11) is 0. The van der Waals surface area contributed by atoms with Crippen LogP contribution in [0.15, 0.2) is 30.3 Å². The molecule has 1 aromatic carbocycles. The number of pyridine rings is 1. The third-order valence-electron chi connectivity index (χ3n) is 3.47. The lowest BCUT2D eigenvalue weighted by molar-refractivity contribution is 0.678. The summed E-state index contributed by atoms with van der Waals surface area (Å²) in [5.74, 6) is 1.02. The van der Waals surface area contributed by atoms with Crippen molar-refractivity contribution in [3.63, 3.8) is 0 Å². The molecule has 0 aliphatic heterocycles. The Morgan fingerprint density at radius 2 is 2.11 bits per heavy atom. The standard InChI is InChI=1S/C16H21N3/c1-2-9-17-11-12-10-16(18-13-7-8-13)19-15-6-4-3-5-14(12)15/h3-6,10,13,17H,2,7-9,11H2,1H3,(H,18,19). The van der Waals surface area contributed by atoms with Crippen molar-refractivity contribution in [1.82, 2.24) is 10.3 Å². The highest BCUT2D eigenvalue weighted by molar-refractivity contribution is 5.84. The molecule has 2 N–H and O–H groups in total. The first-order valence-electron chi connectivity index (χ1n) is 7.22. The van der Waals surface area contributed by atoms with Crippen LogP contribution in [-0.2, 0) is 6.54 Å². The zero-order chi connectivity index (χ0) is 13.1. The normalized spacial score (nSPS) is 14.8. The zero-order valence-corrected chi connectivity index (χ0v) is 11.4. The molecule has 1 aromatic heterocycles. The molecular formula is C16H21N3. The highest BCUT2D eigenvalue weighted by atomic mass is 15.0. The van der Waals surface area contributed by atoms with Gasteiger partial charge in [-0.2, -0.15) is 0 Å². The van der Waals surface area contributed by atoms with E-state index in [1.54, 1.807) is 0 Å². The lowest BCUT2D eigenvalue weighted by Crippen LogP contribution is -2.14. The van der Waals surface area contributed by atoms with E-state index in [9.17, 15) is 0 Å². The number of rotatable bonds is 6. The number of hydrogen-bond donors (Lipinski definition) is 2. The van der Waals surface area contributed by atoms with Crippen LogP contribution in [-0.4, -0.2) is 17.6 Å². The Bertz CT molecular complexity index is 561. The Morgan fingerprint density at radius 3 is 2.89 bits per heavy atom. The van der Waals surface area contributed by atoms with Crippen LogP contribution < -0.4 is 10.6 Å². The van der Waals surface area contributed by atoms with Crippen molar-refractivity contribution >= 4 is 16.7 Å². The van der Waals surface area contributed by atoms with Gasteiger partial charge in [0.05, 0.1) is 5.52 Å². The molecule has 1 aliphatic rings. The topological polar surface area (TPSA) is 37.0 Å². The van der Waals surface area contributed by atoms with Gasteiger partial charge in [0, 0.05) is 18.0 Å². The van der Waals surface area contributed by atoms with E-state index in [-0.39, 0.29) is 0 Å². The minimum absolute atomic E-state index is 0.644. The molecule has 1 aliphatic carbocycles. The van der Waals surface area contributed by atoms with Crippen molar-refractivity contribution in [3.05, 3.63) is 35.9 Å². The van der Waals surface area contributed by atoms with Gasteiger partial charge in [0.25, 0.3) is 0 Å².